The summed E-state index contributed by atoms with van der Waals surface area (Å²) in [5, 5.41) is 10.3. The topological polar surface area (TPSA) is 57.8 Å². The summed E-state index contributed by atoms with van der Waals surface area (Å²) in [6.45, 7) is 4.11. The number of anilines is 1. The first-order chi connectivity index (χ1) is 8.97. The Hall–Kier alpha value is -1.08. The van der Waals surface area contributed by atoms with E-state index in [4.69, 9.17) is 11.6 Å². The number of carbonyl (C=O) groups is 1. The van der Waals surface area contributed by atoms with Crippen LogP contribution in [0.1, 0.15) is 35.8 Å². The number of aromatic amines is 1. The summed E-state index contributed by atoms with van der Waals surface area (Å²) in [5.41, 5.74) is 1.53. The van der Waals surface area contributed by atoms with E-state index in [1.54, 1.807) is 12.1 Å². The van der Waals surface area contributed by atoms with E-state index in [0.29, 0.717) is 22.3 Å². The van der Waals surface area contributed by atoms with Crippen molar-refractivity contribution in [3.63, 3.8) is 0 Å². The SMILES string of the molecule is CC(C)c1cc(NC(=O)c2cc(Cl)ccc2I)n[nH]1. The fourth-order valence-corrected chi connectivity index (χ4v) is 2.30. The van der Waals surface area contributed by atoms with Gasteiger partial charge in [-0.05, 0) is 46.7 Å². The minimum atomic E-state index is -0.214. The van der Waals surface area contributed by atoms with Crippen molar-refractivity contribution in [2.45, 2.75) is 19.8 Å². The maximum absolute atomic E-state index is 12.1. The van der Waals surface area contributed by atoms with E-state index in [1.807, 2.05) is 12.1 Å². The Kier molecular flexibility index (Phi) is 4.46. The van der Waals surface area contributed by atoms with Crippen molar-refractivity contribution in [1.82, 2.24) is 10.2 Å². The van der Waals surface area contributed by atoms with Crippen molar-refractivity contribution in [3.8, 4) is 0 Å². The Morgan fingerprint density at radius 2 is 2.16 bits per heavy atom. The zero-order valence-corrected chi connectivity index (χ0v) is 13.4. The van der Waals surface area contributed by atoms with E-state index >= 15 is 0 Å². The van der Waals surface area contributed by atoms with Gasteiger partial charge in [-0.3, -0.25) is 9.89 Å². The third-order valence-electron chi connectivity index (χ3n) is 2.63. The van der Waals surface area contributed by atoms with Gasteiger partial charge in [0.05, 0.1) is 5.56 Å². The van der Waals surface area contributed by atoms with Crippen LogP contribution in [-0.4, -0.2) is 16.1 Å². The molecule has 6 heteroatoms. The van der Waals surface area contributed by atoms with Gasteiger partial charge in [0.15, 0.2) is 5.82 Å². The van der Waals surface area contributed by atoms with Gasteiger partial charge in [0.25, 0.3) is 5.91 Å². The Morgan fingerprint density at radius 3 is 2.79 bits per heavy atom. The smallest absolute Gasteiger partial charge is 0.257 e. The molecule has 2 N–H and O–H groups in total. The highest BCUT2D eigenvalue weighted by atomic mass is 127. The number of rotatable bonds is 3. The van der Waals surface area contributed by atoms with E-state index in [1.165, 1.54) is 0 Å². The number of carbonyl (C=O) groups excluding carboxylic acids is 1. The molecule has 0 radical (unpaired) electrons. The Labute approximate surface area is 130 Å². The average Bonchev–Trinajstić information content (AvgIpc) is 2.80. The first-order valence-electron chi connectivity index (χ1n) is 5.79. The summed E-state index contributed by atoms with van der Waals surface area (Å²) in [4.78, 5) is 12.1. The molecule has 1 aromatic heterocycles. The summed E-state index contributed by atoms with van der Waals surface area (Å²) in [6, 6.07) is 7.04. The molecule has 0 aliphatic rings. The number of hydrogen-bond acceptors (Lipinski definition) is 2. The van der Waals surface area contributed by atoms with E-state index in [0.717, 1.165) is 9.26 Å². The zero-order valence-electron chi connectivity index (χ0n) is 10.5. The Morgan fingerprint density at radius 1 is 1.42 bits per heavy atom. The average molecular weight is 390 g/mol. The number of amides is 1. The highest BCUT2D eigenvalue weighted by molar-refractivity contribution is 14.1. The fraction of sp³-hybridized carbons (Fsp3) is 0.231. The lowest BCUT2D eigenvalue weighted by Crippen LogP contribution is -2.13. The van der Waals surface area contributed by atoms with Crippen LogP contribution in [0.15, 0.2) is 24.3 Å². The van der Waals surface area contributed by atoms with Crippen molar-refractivity contribution in [2.75, 3.05) is 5.32 Å². The Balaban J connectivity index is 2.18. The Bertz CT molecular complexity index is 610. The van der Waals surface area contributed by atoms with Gasteiger partial charge < -0.3 is 5.32 Å². The van der Waals surface area contributed by atoms with Crippen molar-refractivity contribution in [1.29, 1.82) is 0 Å². The molecular formula is C13H13ClIN3O. The second-order valence-electron chi connectivity index (χ2n) is 4.44. The molecule has 4 nitrogen and oxygen atoms in total. The van der Waals surface area contributed by atoms with E-state index in [-0.39, 0.29) is 5.91 Å². The van der Waals surface area contributed by atoms with Crippen LogP contribution in [0.3, 0.4) is 0 Å². The maximum Gasteiger partial charge on any atom is 0.257 e. The lowest BCUT2D eigenvalue weighted by molar-refractivity contribution is 0.102. The lowest BCUT2D eigenvalue weighted by atomic mass is 10.1. The van der Waals surface area contributed by atoms with E-state index in [2.05, 4.69) is 52.0 Å². The second-order valence-corrected chi connectivity index (χ2v) is 6.04. The molecule has 0 bridgehead atoms. The van der Waals surface area contributed by atoms with E-state index in [9.17, 15) is 4.79 Å². The van der Waals surface area contributed by atoms with Crippen LogP contribution in [-0.2, 0) is 0 Å². The third kappa shape index (κ3) is 3.48. The van der Waals surface area contributed by atoms with Gasteiger partial charge in [0.1, 0.15) is 0 Å². The first kappa shape index (κ1) is 14.3. The maximum atomic E-state index is 12.1. The van der Waals surface area contributed by atoms with Crippen molar-refractivity contribution >= 4 is 45.9 Å². The summed E-state index contributed by atoms with van der Waals surface area (Å²) in [7, 11) is 0. The fourth-order valence-electron chi connectivity index (χ4n) is 1.55. The standard InChI is InChI=1S/C13H13ClIN3O/c1-7(2)11-6-12(18-17-11)16-13(19)9-5-8(14)3-4-10(9)15/h3-7H,1-2H3,(H2,16,17,18,19). The van der Waals surface area contributed by atoms with Crippen molar-refractivity contribution in [3.05, 3.63) is 44.1 Å². The van der Waals surface area contributed by atoms with Crippen LogP contribution >= 0.6 is 34.2 Å². The highest BCUT2D eigenvalue weighted by Crippen LogP contribution is 2.20. The molecule has 0 unspecified atom stereocenters. The van der Waals surface area contributed by atoms with Crippen LogP contribution < -0.4 is 5.32 Å². The summed E-state index contributed by atoms with van der Waals surface area (Å²) in [6.07, 6.45) is 0. The van der Waals surface area contributed by atoms with Crippen LogP contribution in [0.2, 0.25) is 5.02 Å². The first-order valence-corrected chi connectivity index (χ1v) is 7.24. The summed E-state index contributed by atoms with van der Waals surface area (Å²) < 4.78 is 0.846. The number of nitrogens with one attached hydrogen (secondary N) is 2. The largest absolute Gasteiger partial charge is 0.305 e. The highest BCUT2D eigenvalue weighted by Gasteiger charge is 2.13. The van der Waals surface area contributed by atoms with Crippen LogP contribution in [0.25, 0.3) is 0 Å². The van der Waals surface area contributed by atoms with Gasteiger partial charge in [-0.2, -0.15) is 5.10 Å². The molecule has 19 heavy (non-hydrogen) atoms. The minimum absolute atomic E-state index is 0.214. The van der Waals surface area contributed by atoms with E-state index < -0.39 is 0 Å². The van der Waals surface area contributed by atoms with Gasteiger partial charge >= 0.3 is 0 Å². The molecule has 2 rings (SSSR count). The van der Waals surface area contributed by atoms with Crippen LogP contribution in [0, 0.1) is 3.57 Å². The van der Waals surface area contributed by atoms with Gasteiger partial charge in [0, 0.05) is 20.4 Å². The number of benzene rings is 1. The summed E-state index contributed by atoms with van der Waals surface area (Å²) >= 11 is 8.01. The van der Waals surface area contributed by atoms with Crippen LogP contribution in [0.4, 0.5) is 5.82 Å². The van der Waals surface area contributed by atoms with Gasteiger partial charge in [-0.15, -0.1) is 0 Å². The van der Waals surface area contributed by atoms with Crippen molar-refractivity contribution < 1.29 is 4.79 Å². The number of nitrogens with zero attached hydrogens (tertiary/aromatic N) is 1. The number of aromatic nitrogens is 2. The molecule has 0 atom stereocenters. The zero-order chi connectivity index (χ0) is 14.0. The predicted octanol–water partition coefficient (Wildman–Crippen LogP) is 4.04. The molecule has 0 spiro atoms. The molecule has 1 amide bonds. The number of H-pyrrole nitrogens is 1. The molecule has 100 valence electrons. The van der Waals surface area contributed by atoms with Crippen LogP contribution in [0.5, 0.6) is 0 Å². The predicted molar refractivity (Wildman–Crippen MR) is 84.8 cm³/mol. The van der Waals surface area contributed by atoms with Gasteiger partial charge in [-0.1, -0.05) is 25.4 Å². The third-order valence-corrected chi connectivity index (χ3v) is 3.81. The molecule has 1 heterocycles. The number of hydrogen-bond donors (Lipinski definition) is 2. The normalized spacial score (nSPS) is 10.8. The summed E-state index contributed by atoms with van der Waals surface area (Å²) in [5.74, 6) is 0.641. The second kappa shape index (κ2) is 5.92. The lowest BCUT2D eigenvalue weighted by Gasteiger charge is -2.04. The molecule has 0 aliphatic heterocycles. The molecule has 1 aromatic carbocycles. The van der Waals surface area contributed by atoms with Crippen molar-refractivity contribution in [2.24, 2.45) is 0 Å². The molecule has 0 fully saturated rings. The minimum Gasteiger partial charge on any atom is -0.305 e. The quantitative estimate of drug-likeness (QED) is 0.778. The molecule has 0 aliphatic carbocycles. The molecule has 0 saturated heterocycles. The molecular weight excluding hydrogens is 377 g/mol. The molecule has 0 saturated carbocycles. The number of halogens is 2. The van der Waals surface area contributed by atoms with Gasteiger partial charge in [0.2, 0.25) is 0 Å². The monoisotopic (exact) mass is 389 g/mol. The van der Waals surface area contributed by atoms with Gasteiger partial charge in [-0.25, -0.2) is 0 Å². The molecule has 2 aromatic rings.